The molecule has 0 spiro atoms. The second kappa shape index (κ2) is 9.36. The number of likely N-dealkylation sites (tertiary alicyclic amines) is 1. The van der Waals surface area contributed by atoms with Crippen molar-refractivity contribution in [3.63, 3.8) is 0 Å². The highest BCUT2D eigenvalue weighted by molar-refractivity contribution is 7.89. The average molecular weight is 436 g/mol. The van der Waals surface area contributed by atoms with Crippen molar-refractivity contribution >= 4 is 27.3 Å². The Morgan fingerprint density at radius 2 is 2.03 bits per heavy atom. The molecule has 0 radical (unpaired) electrons. The Balaban J connectivity index is 1.58. The van der Waals surface area contributed by atoms with Gasteiger partial charge in [-0.05, 0) is 43.7 Å². The van der Waals surface area contributed by atoms with E-state index in [-0.39, 0.29) is 16.7 Å². The van der Waals surface area contributed by atoms with Crippen molar-refractivity contribution in [1.29, 1.82) is 0 Å². The van der Waals surface area contributed by atoms with E-state index in [1.165, 1.54) is 11.3 Å². The smallest absolute Gasteiger partial charge is 0.273 e. The number of aryl methyl sites for hydroxylation is 1. The highest BCUT2D eigenvalue weighted by atomic mass is 32.2. The first-order valence-electron chi connectivity index (χ1n) is 10.0. The van der Waals surface area contributed by atoms with Crippen LogP contribution in [0.15, 0.2) is 34.5 Å². The monoisotopic (exact) mass is 435 g/mol. The van der Waals surface area contributed by atoms with Gasteiger partial charge in [0.25, 0.3) is 5.91 Å². The average Bonchev–Trinajstić information content (AvgIpc) is 3.14. The van der Waals surface area contributed by atoms with E-state index in [0.717, 1.165) is 29.8 Å². The highest BCUT2D eigenvalue weighted by Gasteiger charge is 2.27. The number of thiazole rings is 1. The Morgan fingerprint density at radius 1 is 1.31 bits per heavy atom. The predicted molar refractivity (Wildman–Crippen MR) is 116 cm³/mol. The van der Waals surface area contributed by atoms with Crippen LogP contribution in [0, 0.1) is 18.8 Å². The van der Waals surface area contributed by atoms with Crippen molar-refractivity contribution in [2.24, 2.45) is 11.8 Å². The lowest BCUT2D eigenvalue weighted by Crippen LogP contribution is -2.43. The molecule has 3 rings (SSSR count). The standard InChI is InChI=1S/C21H29N3O3S2/c1-15(2)11-20-23-19(14-28-20)21(25)24-10-4-5-17(13-24)12-22-29(26,27)18-8-6-16(3)7-9-18/h6-9,14-15,17,22H,4-5,10-13H2,1-3H3. The molecule has 1 saturated heterocycles. The number of carbonyl (C=O) groups is 1. The molecule has 2 heterocycles. The van der Waals surface area contributed by atoms with E-state index in [2.05, 4.69) is 23.6 Å². The minimum atomic E-state index is -3.54. The van der Waals surface area contributed by atoms with E-state index >= 15 is 0 Å². The number of benzene rings is 1. The summed E-state index contributed by atoms with van der Waals surface area (Å²) in [7, 11) is -3.54. The number of aromatic nitrogens is 1. The summed E-state index contributed by atoms with van der Waals surface area (Å²) in [5.41, 5.74) is 1.52. The molecule has 2 aromatic rings. The van der Waals surface area contributed by atoms with Crippen LogP contribution in [0.5, 0.6) is 0 Å². The Kier molecular flexibility index (Phi) is 7.08. The molecule has 8 heteroatoms. The Hall–Kier alpha value is -1.77. The van der Waals surface area contributed by atoms with Crippen molar-refractivity contribution in [2.45, 2.75) is 44.9 Å². The summed E-state index contributed by atoms with van der Waals surface area (Å²) in [6, 6.07) is 6.81. The number of carbonyl (C=O) groups excluding carboxylic acids is 1. The van der Waals surface area contributed by atoms with Gasteiger partial charge in [-0.15, -0.1) is 11.3 Å². The molecule has 1 amide bonds. The fourth-order valence-electron chi connectivity index (χ4n) is 3.46. The zero-order chi connectivity index (χ0) is 21.0. The van der Waals surface area contributed by atoms with Gasteiger partial charge in [-0.3, -0.25) is 4.79 Å². The largest absolute Gasteiger partial charge is 0.337 e. The van der Waals surface area contributed by atoms with Crippen LogP contribution in [-0.4, -0.2) is 43.8 Å². The molecular weight excluding hydrogens is 406 g/mol. The van der Waals surface area contributed by atoms with Crippen LogP contribution in [0.3, 0.4) is 0 Å². The Morgan fingerprint density at radius 3 is 2.72 bits per heavy atom. The van der Waals surface area contributed by atoms with E-state index in [4.69, 9.17) is 0 Å². The lowest BCUT2D eigenvalue weighted by atomic mass is 9.98. The summed E-state index contributed by atoms with van der Waals surface area (Å²) in [5, 5.41) is 2.83. The lowest BCUT2D eigenvalue weighted by Gasteiger charge is -2.32. The van der Waals surface area contributed by atoms with E-state index < -0.39 is 10.0 Å². The lowest BCUT2D eigenvalue weighted by molar-refractivity contribution is 0.0671. The number of sulfonamides is 1. The second-order valence-corrected chi connectivity index (χ2v) is 10.9. The van der Waals surface area contributed by atoms with Crippen molar-refractivity contribution < 1.29 is 13.2 Å². The van der Waals surface area contributed by atoms with Crippen LogP contribution >= 0.6 is 11.3 Å². The molecule has 158 valence electrons. The molecule has 1 unspecified atom stereocenters. The highest BCUT2D eigenvalue weighted by Crippen LogP contribution is 2.21. The first-order valence-corrected chi connectivity index (χ1v) is 12.4. The number of hydrogen-bond donors (Lipinski definition) is 1. The maximum absolute atomic E-state index is 12.8. The molecule has 1 aromatic carbocycles. The van der Waals surface area contributed by atoms with Crippen LogP contribution in [0.4, 0.5) is 0 Å². The minimum Gasteiger partial charge on any atom is -0.337 e. The third-order valence-corrected chi connectivity index (χ3v) is 7.36. The summed E-state index contributed by atoms with van der Waals surface area (Å²) in [6.45, 7) is 7.76. The van der Waals surface area contributed by atoms with Crippen LogP contribution < -0.4 is 4.72 Å². The van der Waals surface area contributed by atoms with Crippen molar-refractivity contribution in [2.75, 3.05) is 19.6 Å². The molecule has 0 bridgehead atoms. The SMILES string of the molecule is Cc1ccc(S(=O)(=O)NCC2CCCN(C(=O)c3csc(CC(C)C)n3)C2)cc1. The number of piperidine rings is 1. The van der Waals surface area contributed by atoms with Gasteiger partial charge >= 0.3 is 0 Å². The van der Waals surface area contributed by atoms with Crippen LogP contribution in [0.25, 0.3) is 0 Å². The molecule has 0 saturated carbocycles. The first-order chi connectivity index (χ1) is 13.7. The maximum atomic E-state index is 12.8. The van der Waals surface area contributed by atoms with E-state index in [1.54, 1.807) is 24.3 Å². The number of amides is 1. The summed E-state index contributed by atoms with van der Waals surface area (Å²) in [5.74, 6) is 0.550. The molecule has 29 heavy (non-hydrogen) atoms. The summed E-state index contributed by atoms with van der Waals surface area (Å²) in [6.07, 6.45) is 2.64. The minimum absolute atomic E-state index is 0.0534. The molecule has 1 aromatic heterocycles. The molecule has 0 aliphatic carbocycles. The third kappa shape index (κ3) is 5.87. The van der Waals surface area contributed by atoms with E-state index in [1.807, 2.05) is 17.2 Å². The summed E-state index contributed by atoms with van der Waals surface area (Å²) >= 11 is 1.53. The van der Waals surface area contributed by atoms with Crippen molar-refractivity contribution in [3.05, 3.63) is 45.9 Å². The zero-order valence-electron chi connectivity index (χ0n) is 17.2. The van der Waals surface area contributed by atoms with Gasteiger partial charge < -0.3 is 4.90 Å². The zero-order valence-corrected chi connectivity index (χ0v) is 18.9. The number of hydrogen-bond acceptors (Lipinski definition) is 5. The van der Waals surface area contributed by atoms with Gasteiger partial charge in [0.2, 0.25) is 10.0 Å². The molecule has 1 fully saturated rings. The van der Waals surface area contributed by atoms with Gasteiger partial charge in [0, 0.05) is 31.4 Å². The van der Waals surface area contributed by atoms with Crippen molar-refractivity contribution in [1.82, 2.24) is 14.6 Å². The number of rotatable bonds is 7. The van der Waals surface area contributed by atoms with Crippen molar-refractivity contribution in [3.8, 4) is 0 Å². The van der Waals surface area contributed by atoms with Crippen LogP contribution in [0.1, 0.15) is 47.7 Å². The molecule has 6 nitrogen and oxygen atoms in total. The molecular formula is C21H29N3O3S2. The molecule has 1 atom stereocenters. The van der Waals surface area contributed by atoms with Crippen LogP contribution in [0.2, 0.25) is 0 Å². The maximum Gasteiger partial charge on any atom is 0.273 e. The molecule has 1 N–H and O–H groups in total. The quantitative estimate of drug-likeness (QED) is 0.722. The molecule has 1 aliphatic heterocycles. The number of nitrogens with one attached hydrogen (secondary N) is 1. The van der Waals surface area contributed by atoms with Gasteiger partial charge in [0.1, 0.15) is 5.69 Å². The van der Waals surface area contributed by atoms with E-state index in [0.29, 0.717) is 31.2 Å². The summed E-state index contributed by atoms with van der Waals surface area (Å²) < 4.78 is 27.7. The fraction of sp³-hybridized carbons (Fsp3) is 0.524. The van der Waals surface area contributed by atoms with Gasteiger partial charge in [0.05, 0.1) is 9.90 Å². The predicted octanol–water partition coefficient (Wildman–Crippen LogP) is 3.48. The Bertz CT molecular complexity index is 936. The Labute approximate surface area is 177 Å². The van der Waals surface area contributed by atoms with Gasteiger partial charge in [-0.2, -0.15) is 0 Å². The second-order valence-electron chi connectivity index (χ2n) is 8.15. The summed E-state index contributed by atoms with van der Waals surface area (Å²) in [4.78, 5) is 19.4. The van der Waals surface area contributed by atoms with Gasteiger partial charge in [0.15, 0.2) is 0 Å². The van der Waals surface area contributed by atoms with Crippen LogP contribution in [-0.2, 0) is 16.4 Å². The van der Waals surface area contributed by atoms with Gasteiger partial charge in [-0.25, -0.2) is 18.1 Å². The van der Waals surface area contributed by atoms with Gasteiger partial charge in [-0.1, -0.05) is 31.5 Å². The normalized spacial score (nSPS) is 17.7. The third-order valence-electron chi connectivity index (χ3n) is 5.05. The number of nitrogens with zero attached hydrogens (tertiary/aromatic N) is 2. The fourth-order valence-corrected chi connectivity index (χ4v) is 5.56. The molecule has 1 aliphatic rings. The first kappa shape index (κ1) is 21.9. The topological polar surface area (TPSA) is 79.4 Å². The van der Waals surface area contributed by atoms with E-state index in [9.17, 15) is 13.2 Å².